The zero-order valence-corrected chi connectivity index (χ0v) is 14.7. The summed E-state index contributed by atoms with van der Waals surface area (Å²) < 4.78 is 11.7. The quantitative estimate of drug-likeness (QED) is 0.645. The Morgan fingerprint density at radius 1 is 1.33 bits per heavy atom. The average molecular weight is 382 g/mol. The summed E-state index contributed by atoms with van der Waals surface area (Å²) in [4.78, 5) is 10.8. The number of benzene rings is 1. The summed E-state index contributed by atoms with van der Waals surface area (Å²) in [6.45, 7) is 6.07. The van der Waals surface area contributed by atoms with Gasteiger partial charge < -0.3 is 20.5 Å². The minimum absolute atomic E-state index is 0. The van der Waals surface area contributed by atoms with Crippen molar-refractivity contribution in [3.63, 3.8) is 0 Å². The molecule has 0 aromatic heterocycles. The van der Waals surface area contributed by atoms with Gasteiger partial charge in [-0.1, -0.05) is 6.92 Å². The molecule has 21 heavy (non-hydrogen) atoms. The van der Waals surface area contributed by atoms with Crippen LogP contribution in [0, 0.1) is 0 Å². The molecule has 0 spiro atoms. The molecule has 0 fully saturated rings. The lowest BCUT2D eigenvalue weighted by Crippen LogP contribution is -2.20. The zero-order valence-electron chi connectivity index (χ0n) is 12.3. The number of rotatable bonds is 9. The van der Waals surface area contributed by atoms with Gasteiger partial charge in [0.15, 0.2) is 18.1 Å². The van der Waals surface area contributed by atoms with Crippen molar-refractivity contribution in [1.82, 2.24) is 5.32 Å². The summed E-state index contributed by atoms with van der Waals surface area (Å²) in [6, 6.07) is 3.86. The van der Waals surface area contributed by atoms with Crippen molar-refractivity contribution >= 4 is 34.2 Å². The number of carbonyl (C=O) groups excluding carboxylic acids is 1. The van der Waals surface area contributed by atoms with Crippen LogP contribution in [0.25, 0.3) is 0 Å². The van der Waals surface area contributed by atoms with Gasteiger partial charge in [-0.15, -0.1) is 12.4 Å². The number of nitrogens with one attached hydrogen (secondary N) is 1. The second-order valence-corrected chi connectivity index (χ2v) is 5.12. The molecule has 0 atom stereocenters. The predicted octanol–water partition coefficient (Wildman–Crippen LogP) is 2.63. The van der Waals surface area contributed by atoms with Crippen LogP contribution in [0.1, 0.15) is 25.8 Å². The highest BCUT2D eigenvalue weighted by molar-refractivity contribution is 9.10. The maximum absolute atomic E-state index is 10.8. The van der Waals surface area contributed by atoms with Crippen LogP contribution in [-0.4, -0.2) is 25.7 Å². The first-order chi connectivity index (χ1) is 9.58. The second-order valence-electron chi connectivity index (χ2n) is 4.27. The lowest BCUT2D eigenvalue weighted by molar-refractivity contribution is -0.119. The molecule has 120 valence electrons. The lowest BCUT2D eigenvalue weighted by atomic mass is 10.2. The van der Waals surface area contributed by atoms with Crippen LogP contribution in [0.2, 0.25) is 0 Å². The Kier molecular flexibility index (Phi) is 10.2. The number of hydrogen-bond acceptors (Lipinski definition) is 4. The van der Waals surface area contributed by atoms with Gasteiger partial charge in [0.1, 0.15) is 0 Å². The molecular formula is C14H22BrClN2O3. The van der Waals surface area contributed by atoms with Crippen molar-refractivity contribution in [2.24, 2.45) is 5.73 Å². The van der Waals surface area contributed by atoms with Crippen LogP contribution in [0.3, 0.4) is 0 Å². The largest absolute Gasteiger partial charge is 0.490 e. The molecule has 0 bridgehead atoms. The molecule has 1 amide bonds. The molecule has 1 aromatic carbocycles. The van der Waals surface area contributed by atoms with E-state index in [0.717, 1.165) is 29.5 Å². The smallest absolute Gasteiger partial charge is 0.255 e. The third kappa shape index (κ3) is 7.02. The molecule has 0 aliphatic rings. The Labute approximate surface area is 140 Å². The topological polar surface area (TPSA) is 73.6 Å². The van der Waals surface area contributed by atoms with Crippen LogP contribution in [0.15, 0.2) is 16.6 Å². The van der Waals surface area contributed by atoms with Crippen molar-refractivity contribution in [2.75, 3.05) is 19.8 Å². The van der Waals surface area contributed by atoms with E-state index >= 15 is 0 Å². The van der Waals surface area contributed by atoms with Crippen molar-refractivity contribution < 1.29 is 14.3 Å². The number of nitrogens with two attached hydrogens (primary N) is 1. The summed E-state index contributed by atoms with van der Waals surface area (Å²) in [5.74, 6) is 0.592. The molecule has 5 nitrogen and oxygen atoms in total. The number of amides is 1. The van der Waals surface area contributed by atoms with Gasteiger partial charge in [-0.2, -0.15) is 0 Å². The zero-order chi connectivity index (χ0) is 15.0. The van der Waals surface area contributed by atoms with E-state index < -0.39 is 5.91 Å². The molecule has 0 unspecified atom stereocenters. The number of carbonyl (C=O) groups is 1. The molecule has 0 heterocycles. The normalized spacial score (nSPS) is 9.86. The van der Waals surface area contributed by atoms with Crippen molar-refractivity contribution in [3.05, 3.63) is 22.2 Å². The van der Waals surface area contributed by atoms with E-state index in [0.29, 0.717) is 18.1 Å². The monoisotopic (exact) mass is 380 g/mol. The number of hydrogen-bond donors (Lipinski definition) is 2. The van der Waals surface area contributed by atoms with Crippen LogP contribution >= 0.6 is 28.3 Å². The molecule has 0 aliphatic carbocycles. The maximum atomic E-state index is 10.8. The summed E-state index contributed by atoms with van der Waals surface area (Å²) in [6.07, 6.45) is 1.08. The molecule has 1 aromatic rings. The molecule has 0 saturated heterocycles. The number of halogens is 2. The fraction of sp³-hybridized carbons (Fsp3) is 0.500. The first-order valence-corrected chi connectivity index (χ1v) is 7.44. The summed E-state index contributed by atoms with van der Waals surface area (Å²) in [5.41, 5.74) is 6.18. The van der Waals surface area contributed by atoms with E-state index in [1.807, 2.05) is 19.1 Å². The highest BCUT2D eigenvalue weighted by Crippen LogP contribution is 2.36. The molecular weight excluding hydrogens is 360 g/mol. The van der Waals surface area contributed by atoms with Gasteiger partial charge in [-0.3, -0.25) is 4.79 Å². The molecule has 0 saturated carbocycles. The van der Waals surface area contributed by atoms with Gasteiger partial charge in [0.05, 0.1) is 11.1 Å². The predicted molar refractivity (Wildman–Crippen MR) is 89.2 cm³/mol. The van der Waals surface area contributed by atoms with Crippen LogP contribution in [0.5, 0.6) is 11.5 Å². The lowest BCUT2D eigenvalue weighted by Gasteiger charge is -2.15. The standard InChI is InChI=1S/C14H21BrN2O3.ClH/c1-3-5-17-8-10-6-11(15)14(20-9-13(16)18)12(7-10)19-4-2;/h6-7,17H,3-5,8-9H2,1-2H3,(H2,16,18);1H. The van der Waals surface area contributed by atoms with Gasteiger partial charge in [-0.05, 0) is 53.5 Å². The maximum Gasteiger partial charge on any atom is 0.255 e. The Balaban J connectivity index is 0.00000400. The molecule has 3 N–H and O–H groups in total. The van der Waals surface area contributed by atoms with Crippen molar-refractivity contribution in [2.45, 2.75) is 26.8 Å². The summed E-state index contributed by atoms with van der Waals surface area (Å²) in [5, 5.41) is 3.33. The Bertz CT molecular complexity index is 458. The van der Waals surface area contributed by atoms with Gasteiger partial charge >= 0.3 is 0 Å². The Hall–Kier alpha value is -0.980. The van der Waals surface area contributed by atoms with E-state index in [2.05, 4.69) is 28.2 Å². The van der Waals surface area contributed by atoms with E-state index in [4.69, 9.17) is 15.2 Å². The number of ether oxygens (including phenoxy) is 2. The second kappa shape index (κ2) is 10.7. The number of primary amides is 1. The summed E-state index contributed by atoms with van der Waals surface area (Å²) in [7, 11) is 0. The Morgan fingerprint density at radius 2 is 2.05 bits per heavy atom. The van der Waals surface area contributed by atoms with Crippen molar-refractivity contribution in [3.8, 4) is 11.5 Å². The van der Waals surface area contributed by atoms with Crippen molar-refractivity contribution in [1.29, 1.82) is 0 Å². The molecule has 7 heteroatoms. The molecule has 1 rings (SSSR count). The SMILES string of the molecule is CCCNCc1cc(Br)c(OCC(N)=O)c(OCC)c1.Cl. The molecule has 0 radical (unpaired) electrons. The first kappa shape index (κ1) is 20.0. The van der Waals surface area contributed by atoms with Gasteiger partial charge in [-0.25, -0.2) is 0 Å². The first-order valence-electron chi connectivity index (χ1n) is 6.65. The van der Waals surface area contributed by atoms with Crippen LogP contribution in [0.4, 0.5) is 0 Å². The summed E-state index contributed by atoms with van der Waals surface area (Å²) >= 11 is 3.44. The van der Waals surface area contributed by atoms with E-state index in [9.17, 15) is 4.79 Å². The fourth-order valence-corrected chi connectivity index (χ4v) is 2.28. The van der Waals surface area contributed by atoms with Crippen LogP contribution in [-0.2, 0) is 11.3 Å². The van der Waals surface area contributed by atoms with Gasteiger partial charge in [0.2, 0.25) is 0 Å². The third-order valence-corrected chi connectivity index (χ3v) is 3.07. The highest BCUT2D eigenvalue weighted by atomic mass is 79.9. The van der Waals surface area contributed by atoms with Gasteiger partial charge in [0, 0.05) is 6.54 Å². The minimum atomic E-state index is -0.520. The Morgan fingerprint density at radius 3 is 2.62 bits per heavy atom. The van der Waals surface area contributed by atoms with E-state index in [1.165, 1.54) is 0 Å². The average Bonchev–Trinajstić information content (AvgIpc) is 2.38. The highest BCUT2D eigenvalue weighted by Gasteiger charge is 2.13. The minimum Gasteiger partial charge on any atom is -0.490 e. The fourth-order valence-electron chi connectivity index (χ4n) is 1.68. The van der Waals surface area contributed by atoms with Crippen LogP contribution < -0.4 is 20.5 Å². The van der Waals surface area contributed by atoms with Gasteiger partial charge in [0.25, 0.3) is 5.91 Å². The van der Waals surface area contributed by atoms with E-state index in [1.54, 1.807) is 0 Å². The molecule has 0 aliphatic heterocycles. The third-order valence-electron chi connectivity index (χ3n) is 2.48. The van der Waals surface area contributed by atoms with E-state index in [-0.39, 0.29) is 19.0 Å².